The molecule has 0 aromatic carbocycles. The highest BCUT2D eigenvalue weighted by Gasteiger charge is 2.42. The molecular weight excluding hydrogens is 256 g/mol. The summed E-state index contributed by atoms with van der Waals surface area (Å²) < 4.78 is 10.0. The normalized spacial score (nSPS) is 11.5. The molecule has 6 N–H and O–H groups in total. The Balaban J connectivity index is 4.51. The molecule has 0 spiro atoms. The lowest BCUT2D eigenvalue weighted by molar-refractivity contribution is -0.143. The first-order valence-corrected chi connectivity index (χ1v) is 5.98. The quantitative estimate of drug-likeness (QED) is 0.234. The summed E-state index contributed by atoms with van der Waals surface area (Å²) >= 11 is 0. The predicted octanol–water partition coefficient (Wildman–Crippen LogP) is -2.26. The standard InChI is InChI=1S/C11H22N2O6/c12-9(16)11(10(13)17,1-5-18-7-3-14)2-6-19-8-4-15/h14-15H,1-8H2,(H2,12,16)(H2,13,17). The van der Waals surface area contributed by atoms with Crippen LogP contribution in [0.5, 0.6) is 0 Å². The summed E-state index contributed by atoms with van der Waals surface area (Å²) in [5.41, 5.74) is 8.97. The number of aliphatic hydroxyl groups excluding tert-OH is 2. The van der Waals surface area contributed by atoms with E-state index in [9.17, 15) is 9.59 Å². The lowest BCUT2D eigenvalue weighted by Gasteiger charge is -2.26. The minimum atomic E-state index is -1.54. The number of amides is 2. The summed E-state index contributed by atoms with van der Waals surface area (Å²) in [6.45, 7) is 0.0572. The van der Waals surface area contributed by atoms with E-state index in [0.717, 1.165) is 0 Å². The number of hydrogen-bond acceptors (Lipinski definition) is 6. The molecular formula is C11H22N2O6. The fraction of sp³-hybridized carbons (Fsp3) is 0.818. The van der Waals surface area contributed by atoms with Crippen LogP contribution in [0.4, 0.5) is 0 Å². The van der Waals surface area contributed by atoms with Gasteiger partial charge in [0.1, 0.15) is 5.41 Å². The molecule has 0 aliphatic rings. The van der Waals surface area contributed by atoms with E-state index in [1.807, 2.05) is 0 Å². The smallest absolute Gasteiger partial charge is 0.233 e. The Morgan fingerprint density at radius 2 is 1.21 bits per heavy atom. The molecule has 0 bridgehead atoms. The third kappa shape index (κ3) is 5.97. The van der Waals surface area contributed by atoms with E-state index >= 15 is 0 Å². The van der Waals surface area contributed by atoms with Crippen LogP contribution in [0.25, 0.3) is 0 Å². The van der Waals surface area contributed by atoms with Crippen LogP contribution in [0.3, 0.4) is 0 Å². The molecule has 0 saturated heterocycles. The molecule has 112 valence electrons. The van der Waals surface area contributed by atoms with E-state index in [2.05, 4.69) is 0 Å². The van der Waals surface area contributed by atoms with Crippen molar-refractivity contribution in [2.75, 3.05) is 39.6 Å². The maximum atomic E-state index is 11.5. The van der Waals surface area contributed by atoms with Crippen LogP contribution in [0.1, 0.15) is 12.8 Å². The van der Waals surface area contributed by atoms with E-state index in [1.54, 1.807) is 0 Å². The summed E-state index contributed by atoms with van der Waals surface area (Å²) in [5, 5.41) is 17.1. The Hall–Kier alpha value is -1.22. The fourth-order valence-electron chi connectivity index (χ4n) is 1.57. The maximum Gasteiger partial charge on any atom is 0.233 e. The van der Waals surface area contributed by atoms with Gasteiger partial charge in [-0.25, -0.2) is 0 Å². The molecule has 0 aliphatic carbocycles. The summed E-state index contributed by atoms with van der Waals surface area (Å²) in [4.78, 5) is 23.0. The lowest BCUT2D eigenvalue weighted by atomic mass is 9.80. The van der Waals surface area contributed by atoms with Crippen molar-refractivity contribution < 1.29 is 29.3 Å². The van der Waals surface area contributed by atoms with Gasteiger partial charge in [-0.2, -0.15) is 0 Å². The second-order valence-corrected chi connectivity index (χ2v) is 3.98. The predicted molar refractivity (Wildman–Crippen MR) is 65.9 cm³/mol. The number of hydrogen-bond donors (Lipinski definition) is 4. The van der Waals surface area contributed by atoms with E-state index in [0.29, 0.717) is 0 Å². The van der Waals surface area contributed by atoms with Gasteiger partial charge in [0.15, 0.2) is 0 Å². The number of carbonyl (C=O) groups excluding carboxylic acids is 2. The average molecular weight is 278 g/mol. The third-order valence-corrected chi connectivity index (χ3v) is 2.76. The summed E-state index contributed by atoms with van der Waals surface area (Å²) in [6, 6.07) is 0. The molecule has 0 atom stereocenters. The van der Waals surface area contributed by atoms with Gasteiger partial charge in [-0.1, -0.05) is 0 Å². The van der Waals surface area contributed by atoms with Gasteiger partial charge in [-0.3, -0.25) is 9.59 Å². The Kier molecular flexibility index (Phi) is 9.06. The minimum Gasteiger partial charge on any atom is -0.394 e. The Morgan fingerprint density at radius 1 is 0.842 bits per heavy atom. The van der Waals surface area contributed by atoms with Crippen molar-refractivity contribution in [2.45, 2.75) is 12.8 Å². The number of nitrogens with two attached hydrogens (primary N) is 2. The average Bonchev–Trinajstić information content (AvgIpc) is 2.36. The lowest BCUT2D eigenvalue weighted by Crippen LogP contribution is -2.49. The SMILES string of the molecule is NC(=O)C(CCOCCO)(CCOCCO)C(N)=O. The van der Waals surface area contributed by atoms with E-state index in [1.165, 1.54) is 0 Å². The second-order valence-electron chi connectivity index (χ2n) is 3.98. The zero-order valence-corrected chi connectivity index (χ0v) is 10.8. The molecule has 2 amide bonds. The molecule has 0 aromatic heterocycles. The monoisotopic (exact) mass is 278 g/mol. The van der Waals surface area contributed by atoms with Gasteiger partial charge in [-0.15, -0.1) is 0 Å². The zero-order chi connectivity index (χ0) is 14.7. The van der Waals surface area contributed by atoms with Crippen molar-refractivity contribution >= 4 is 11.8 Å². The highest BCUT2D eigenvalue weighted by atomic mass is 16.5. The number of carbonyl (C=O) groups is 2. The molecule has 8 nitrogen and oxygen atoms in total. The minimum absolute atomic E-state index is 0.0279. The maximum absolute atomic E-state index is 11.5. The van der Waals surface area contributed by atoms with Crippen LogP contribution in [0, 0.1) is 5.41 Å². The van der Waals surface area contributed by atoms with Crippen LogP contribution in [-0.2, 0) is 19.1 Å². The van der Waals surface area contributed by atoms with Crippen LogP contribution in [0.2, 0.25) is 0 Å². The highest BCUT2D eigenvalue weighted by molar-refractivity contribution is 6.03. The molecule has 0 radical (unpaired) electrons. The van der Waals surface area contributed by atoms with Gasteiger partial charge in [0.05, 0.1) is 26.4 Å². The van der Waals surface area contributed by atoms with Crippen LogP contribution < -0.4 is 11.5 Å². The van der Waals surface area contributed by atoms with Crippen molar-refractivity contribution in [3.63, 3.8) is 0 Å². The third-order valence-electron chi connectivity index (χ3n) is 2.76. The van der Waals surface area contributed by atoms with Gasteiger partial charge in [0, 0.05) is 13.2 Å². The highest BCUT2D eigenvalue weighted by Crippen LogP contribution is 2.26. The van der Waals surface area contributed by atoms with Crippen molar-refractivity contribution in [3.05, 3.63) is 0 Å². The second kappa shape index (κ2) is 9.68. The Bertz CT molecular complexity index is 256. The van der Waals surface area contributed by atoms with Crippen LogP contribution >= 0.6 is 0 Å². The summed E-state index contributed by atoms with van der Waals surface area (Å²) in [7, 11) is 0. The first kappa shape index (κ1) is 17.8. The van der Waals surface area contributed by atoms with Gasteiger partial charge < -0.3 is 31.2 Å². The van der Waals surface area contributed by atoms with E-state index < -0.39 is 17.2 Å². The van der Waals surface area contributed by atoms with Crippen molar-refractivity contribution in [1.29, 1.82) is 0 Å². The first-order valence-electron chi connectivity index (χ1n) is 5.98. The van der Waals surface area contributed by atoms with Crippen molar-refractivity contribution in [3.8, 4) is 0 Å². The molecule has 0 saturated carbocycles. The molecule has 8 heteroatoms. The van der Waals surface area contributed by atoms with Crippen LogP contribution in [-0.4, -0.2) is 61.7 Å². The molecule has 0 fully saturated rings. The zero-order valence-electron chi connectivity index (χ0n) is 10.8. The molecule has 0 aromatic rings. The van der Waals surface area contributed by atoms with Crippen molar-refractivity contribution in [1.82, 2.24) is 0 Å². The molecule has 19 heavy (non-hydrogen) atoms. The molecule has 0 heterocycles. The molecule has 0 unspecified atom stereocenters. The molecule has 0 rings (SSSR count). The van der Waals surface area contributed by atoms with Gasteiger partial charge >= 0.3 is 0 Å². The van der Waals surface area contributed by atoms with Gasteiger partial charge in [-0.05, 0) is 12.8 Å². The first-order chi connectivity index (χ1) is 9.01. The number of rotatable bonds is 12. The fourth-order valence-corrected chi connectivity index (χ4v) is 1.57. The van der Waals surface area contributed by atoms with Gasteiger partial charge in [0.2, 0.25) is 11.8 Å². The topological polar surface area (TPSA) is 145 Å². The number of aliphatic hydroxyl groups is 2. The van der Waals surface area contributed by atoms with Gasteiger partial charge in [0.25, 0.3) is 0 Å². The van der Waals surface area contributed by atoms with Crippen molar-refractivity contribution in [2.24, 2.45) is 16.9 Å². The number of ether oxygens (including phenoxy) is 2. The van der Waals surface area contributed by atoms with E-state index in [-0.39, 0.29) is 52.5 Å². The summed E-state index contributed by atoms with van der Waals surface area (Å²) in [6.07, 6.45) is 0.0559. The molecule has 0 aliphatic heterocycles. The Morgan fingerprint density at radius 3 is 1.47 bits per heavy atom. The summed E-state index contributed by atoms with van der Waals surface area (Å²) in [5.74, 6) is -1.67. The van der Waals surface area contributed by atoms with E-state index in [4.69, 9.17) is 31.2 Å². The number of primary amides is 2. The largest absolute Gasteiger partial charge is 0.394 e. The van der Waals surface area contributed by atoms with Crippen LogP contribution in [0.15, 0.2) is 0 Å². The Labute approximate surface area is 111 Å².